The van der Waals surface area contributed by atoms with E-state index in [1.54, 1.807) is 19.2 Å². The van der Waals surface area contributed by atoms with Crippen LogP contribution >= 0.6 is 15.9 Å². The van der Waals surface area contributed by atoms with Crippen molar-refractivity contribution in [2.24, 2.45) is 0 Å². The van der Waals surface area contributed by atoms with E-state index in [0.717, 1.165) is 21.5 Å². The molecule has 0 atom stereocenters. The SMILES string of the molecule is COc1ccccc1N(C)Cc1ccc(C(=O)O)cc1Br. The quantitative estimate of drug-likeness (QED) is 0.891. The van der Waals surface area contributed by atoms with Crippen LogP contribution in [0, 0.1) is 0 Å². The molecule has 0 radical (unpaired) electrons. The van der Waals surface area contributed by atoms with Crippen molar-refractivity contribution >= 4 is 27.6 Å². The number of halogens is 1. The normalized spacial score (nSPS) is 10.2. The molecule has 0 bridgehead atoms. The second kappa shape index (κ2) is 6.63. The van der Waals surface area contributed by atoms with E-state index in [1.165, 1.54) is 0 Å². The van der Waals surface area contributed by atoms with E-state index in [0.29, 0.717) is 6.54 Å². The summed E-state index contributed by atoms with van der Waals surface area (Å²) in [6.07, 6.45) is 0. The molecule has 0 saturated carbocycles. The van der Waals surface area contributed by atoms with Crippen LogP contribution in [0.25, 0.3) is 0 Å². The minimum atomic E-state index is -0.930. The molecule has 0 amide bonds. The van der Waals surface area contributed by atoms with Crippen LogP contribution in [0.4, 0.5) is 5.69 Å². The Morgan fingerprint density at radius 1 is 1.29 bits per heavy atom. The number of carboxylic acid groups (broad SMARTS) is 1. The first-order valence-corrected chi connectivity index (χ1v) is 7.18. The van der Waals surface area contributed by atoms with Gasteiger partial charge in [-0.25, -0.2) is 4.79 Å². The van der Waals surface area contributed by atoms with Gasteiger partial charge in [-0.3, -0.25) is 0 Å². The smallest absolute Gasteiger partial charge is 0.335 e. The fourth-order valence-corrected chi connectivity index (χ4v) is 2.60. The molecule has 5 heteroatoms. The lowest BCUT2D eigenvalue weighted by molar-refractivity contribution is 0.0697. The highest BCUT2D eigenvalue weighted by molar-refractivity contribution is 9.10. The number of nitrogens with zero attached hydrogens (tertiary/aromatic N) is 1. The van der Waals surface area contributed by atoms with Gasteiger partial charge in [-0.15, -0.1) is 0 Å². The number of methoxy groups -OCH3 is 1. The van der Waals surface area contributed by atoms with Crippen molar-refractivity contribution in [1.82, 2.24) is 0 Å². The summed E-state index contributed by atoms with van der Waals surface area (Å²) in [6.45, 7) is 0.640. The number of carboxylic acids is 1. The third-order valence-electron chi connectivity index (χ3n) is 3.20. The number of rotatable bonds is 5. The maximum atomic E-state index is 10.9. The molecule has 0 unspecified atom stereocenters. The first kappa shape index (κ1) is 15.4. The number of carbonyl (C=O) groups is 1. The Bertz CT molecular complexity index is 658. The monoisotopic (exact) mass is 349 g/mol. The maximum absolute atomic E-state index is 10.9. The lowest BCUT2D eigenvalue weighted by Crippen LogP contribution is -2.17. The van der Waals surface area contributed by atoms with Gasteiger partial charge in [-0.2, -0.15) is 0 Å². The fraction of sp³-hybridized carbons (Fsp3) is 0.188. The molecule has 110 valence electrons. The number of hydrogen-bond acceptors (Lipinski definition) is 3. The van der Waals surface area contributed by atoms with Gasteiger partial charge in [0.05, 0.1) is 18.4 Å². The molecule has 0 heterocycles. The Hall–Kier alpha value is -2.01. The second-order valence-corrected chi connectivity index (χ2v) is 5.49. The summed E-state index contributed by atoms with van der Waals surface area (Å²) in [4.78, 5) is 13.0. The van der Waals surface area contributed by atoms with Crippen molar-refractivity contribution in [3.8, 4) is 5.75 Å². The molecule has 0 fully saturated rings. The summed E-state index contributed by atoms with van der Waals surface area (Å²) >= 11 is 3.43. The van der Waals surface area contributed by atoms with E-state index >= 15 is 0 Å². The van der Waals surface area contributed by atoms with E-state index < -0.39 is 5.97 Å². The first-order chi connectivity index (χ1) is 10.0. The molecule has 21 heavy (non-hydrogen) atoms. The highest BCUT2D eigenvalue weighted by Crippen LogP contribution is 2.29. The minimum Gasteiger partial charge on any atom is -0.495 e. The summed E-state index contributed by atoms with van der Waals surface area (Å²) in [7, 11) is 3.61. The summed E-state index contributed by atoms with van der Waals surface area (Å²) in [6, 6.07) is 12.8. The Morgan fingerprint density at radius 2 is 2.00 bits per heavy atom. The largest absolute Gasteiger partial charge is 0.495 e. The van der Waals surface area contributed by atoms with Crippen LogP contribution in [0.2, 0.25) is 0 Å². The van der Waals surface area contributed by atoms with Crippen molar-refractivity contribution in [1.29, 1.82) is 0 Å². The van der Waals surface area contributed by atoms with Crippen LogP contribution in [0.15, 0.2) is 46.9 Å². The average molecular weight is 350 g/mol. The maximum Gasteiger partial charge on any atom is 0.335 e. The number of aromatic carboxylic acids is 1. The van der Waals surface area contributed by atoms with Gasteiger partial charge in [-0.1, -0.05) is 34.1 Å². The molecular weight excluding hydrogens is 334 g/mol. The van der Waals surface area contributed by atoms with Gasteiger partial charge in [0.25, 0.3) is 0 Å². The fourth-order valence-electron chi connectivity index (χ4n) is 2.09. The van der Waals surface area contributed by atoms with E-state index in [2.05, 4.69) is 20.8 Å². The van der Waals surface area contributed by atoms with Crippen molar-refractivity contribution in [3.63, 3.8) is 0 Å². The van der Waals surface area contributed by atoms with Crippen LogP contribution in [-0.4, -0.2) is 25.2 Å². The highest BCUT2D eigenvalue weighted by Gasteiger charge is 2.11. The molecule has 2 aromatic carbocycles. The van der Waals surface area contributed by atoms with E-state index in [9.17, 15) is 4.79 Å². The molecule has 0 saturated heterocycles. The van der Waals surface area contributed by atoms with Crippen LogP contribution in [0.5, 0.6) is 5.75 Å². The third kappa shape index (κ3) is 3.55. The van der Waals surface area contributed by atoms with Gasteiger partial charge in [0.1, 0.15) is 5.75 Å². The molecule has 0 aromatic heterocycles. The standard InChI is InChI=1S/C16H16BrNO3/c1-18(14-5-3-4-6-15(14)21-2)10-12-8-7-11(16(19)20)9-13(12)17/h3-9H,10H2,1-2H3,(H,19,20). The number of hydrogen-bond donors (Lipinski definition) is 1. The zero-order valence-electron chi connectivity index (χ0n) is 11.8. The number of benzene rings is 2. The van der Waals surface area contributed by atoms with Crippen LogP contribution in [-0.2, 0) is 6.54 Å². The molecule has 4 nitrogen and oxygen atoms in total. The van der Waals surface area contributed by atoms with Crippen LogP contribution in [0.1, 0.15) is 15.9 Å². The first-order valence-electron chi connectivity index (χ1n) is 6.39. The minimum absolute atomic E-state index is 0.269. The predicted octanol–water partition coefficient (Wildman–Crippen LogP) is 3.79. The summed E-state index contributed by atoms with van der Waals surface area (Å²) < 4.78 is 6.14. The van der Waals surface area contributed by atoms with Gasteiger partial charge >= 0.3 is 5.97 Å². The molecule has 1 N–H and O–H groups in total. The Morgan fingerprint density at radius 3 is 2.62 bits per heavy atom. The van der Waals surface area contributed by atoms with Gasteiger partial charge in [0.2, 0.25) is 0 Å². The van der Waals surface area contributed by atoms with E-state index in [-0.39, 0.29) is 5.56 Å². The Labute approximate surface area is 132 Å². The Kier molecular flexibility index (Phi) is 4.85. The molecule has 0 spiro atoms. The molecule has 0 aliphatic heterocycles. The summed E-state index contributed by atoms with van der Waals surface area (Å²) in [5, 5.41) is 8.98. The zero-order chi connectivity index (χ0) is 15.4. The number of anilines is 1. The average Bonchev–Trinajstić information content (AvgIpc) is 2.48. The molecule has 2 rings (SSSR count). The topological polar surface area (TPSA) is 49.8 Å². The zero-order valence-corrected chi connectivity index (χ0v) is 13.4. The summed E-state index contributed by atoms with van der Waals surface area (Å²) in [5.41, 5.74) is 2.26. The molecule has 0 aliphatic carbocycles. The molecule has 0 aliphatic rings. The lowest BCUT2D eigenvalue weighted by Gasteiger charge is -2.22. The van der Waals surface area contributed by atoms with Crippen molar-refractivity contribution < 1.29 is 14.6 Å². The van der Waals surface area contributed by atoms with Crippen molar-refractivity contribution in [2.45, 2.75) is 6.54 Å². The molecule has 2 aromatic rings. The summed E-state index contributed by atoms with van der Waals surface area (Å²) in [5.74, 6) is -0.126. The third-order valence-corrected chi connectivity index (χ3v) is 3.94. The van der Waals surface area contributed by atoms with Crippen LogP contribution in [0.3, 0.4) is 0 Å². The number of ether oxygens (including phenoxy) is 1. The number of para-hydroxylation sites is 2. The van der Waals surface area contributed by atoms with Gasteiger partial charge in [0, 0.05) is 18.1 Å². The van der Waals surface area contributed by atoms with E-state index in [4.69, 9.17) is 9.84 Å². The van der Waals surface area contributed by atoms with Crippen molar-refractivity contribution in [2.75, 3.05) is 19.1 Å². The molecular formula is C16H16BrNO3. The van der Waals surface area contributed by atoms with Crippen LogP contribution < -0.4 is 9.64 Å². The lowest BCUT2D eigenvalue weighted by atomic mass is 10.1. The van der Waals surface area contributed by atoms with Crippen molar-refractivity contribution in [3.05, 3.63) is 58.1 Å². The predicted molar refractivity (Wildman–Crippen MR) is 86.2 cm³/mol. The second-order valence-electron chi connectivity index (χ2n) is 4.64. The van der Waals surface area contributed by atoms with E-state index in [1.807, 2.05) is 37.4 Å². The van der Waals surface area contributed by atoms with Gasteiger partial charge in [0.15, 0.2) is 0 Å². The van der Waals surface area contributed by atoms with Gasteiger partial charge < -0.3 is 14.7 Å². The van der Waals surface area contributed by atoms with Gasteiger partial charge in [-0.05, 0) is 29.8 Å². The highest BCUT2D eigenvalue weighted by atomic mass is 79.9. The Balaban J connectivity index is 2.23.